The highest BCUT2D eigenvalue weighted by molar-refractivity contribution is 5.91. The van der Waals surface area contributed by atoms with E-state index in [1.165, 1.54) is 12.1 Å². The maximum Gasteiger partial charge on any atom is 0.230 e. The highest BCUT2D eigenvalue weighted by Gasteiger charge is 2.52. The first-order valence-electron chi connectivity index (χ1n) is 7.90. The molecule has 0 spiro atoms. The lowest BCUT2D eigenvalue weighted by Crippen LogP contribution is -2.61. The van der Waals surface area contributed by atoms with Crippen LogP contribution in [-0.2, 0) is 10.2 Å². The van der Waals surface area contributed by atoms with E-state index in [1.54, 1.807) is 18.3 Å². The number of benzene rings is 1. The zero-order valence-electron chi connectivity index (χ0n) is 12.7. The summed E-state index contributed by atoms with van der Waals surface area (Å²) in [7, 11) is 0. The molecule has 1 N–H and O–H groups in total. The van der Waals surface area contributed by atoms with Gasteiger partial charge in [-0.25, -0.2) is 9.37 Å². The van der Waals surface area contributed by atoms with Gasteiger partial charge in [-0.05, 0) is 42.7 Å². The molecule has 4 rings (SSSR count). The van der Waals surface area contributed by atoms with Gasteiger partial charge in [0, 0.05) is 19.3 Å². The molecule has 1 aromatic heterocycles. The number of halogens is 1. The molecule has 2 fully saturated rings. The highest BCUT2D eigenvalue weighted by Crippen LogP contribution is 2.48. The van der Waals surface area contributed by atoms with Crippen LogP contribution in [0.1, 0.15) is 18.4 Å². The van der Waals surface area contributed by atoms with Gasteiger partial charge >= 0.3 is 0 Å². The Morgan fingerprint density at radius 3 is 2.52 bits per heavy atom. The van der Waals surface area contributed by atoms with Gasteiger partial charge in [-0.1, -0.05) is 18.2 Å². The summed E-state index contributed by atoms with van der Waals surface area (Å²) in [6.07, 6.45) is 3.44. The second-order valence-electron chi connectivity index (χ2n) is 6.35. The van der Waals surface area contributed by atoms with Crippen LogP contribution in [0.3, 0.4) is 0 Å². The van der Waals surface area contributed by atoms with Crippen LogP contribution < -0.4 is 10.2 Å². The van der Waals surface area contributed by atoms with Gasteiger partial charge in [-0.2, -0.15) is 0 Å². The summed E-state index contributed by atoms with van der Waals surface area (Å²) < 4.78 is 13.1. The van der Waals surface area contributed by atoms with Gasteiger partial charge in [0.1, 0.15) is 11.6 Å². The second kappa shape index (κ2) is 5.33. The summed E-state index contributed by atoms with van der Waals surface area (Å²) in [5, 5.41) is 3.13. The Morgan fingerprint density at radius 2 is 1.91 bits per heavy atom. The molecule has 23 heavy (non-hydrogen) atoms. The predicted octanol–water partition coefficient (Wildman–Crippen LogP) is 2.26. The van der Waals surface area contributed by atoms with Crippen molar-refractivity contribution in [2.75, 3.05) is 18.0 Å². The van der Waals surface area contributed by atoms with E-state index in [1.807, 2.05) is 18.2 Å². The standard InChI is InChI=1S/C18H18FN3O/c19-14-6-4-13(5-7-14)18(8-9-18)17(23)21-15-11-22(12-15)16-3-1-2-10-20-16/h1-7,10,15H,8-9,11-12H2,(H,21,23). The lowest BCUT2D eigenvalue weighted by molar-refractivity contribution is -0.124. The van der Waals surface area contributed by atoms with Gasteiger partial charge < -0.3 is 10.2 Å². The van der Waals surface area contributed by atoms with E-state index in [2.05, 4.69) is 15.2 Å². The average molecular weight is 311 g/mol. The molecule has 0 unspecified atom stereocenters. The first kappa shape index (κ1) is 14.2. The fourth-order valence-electron chi connectivity index (χ4n) is 3.16. The molecule has 1 saturated carbocycles. The van der Waals surface area contributed by atoms with Gasteiger partial charge in [0.05, 0.1) is 11.5 Å². The molecule has 1 aliphatic carbocycles. The first-order valence-corrected chi connectivity index (χ1v) is 7.90. The molecule has 4 nitrogen and oxygen atoms in total. The Labute approximate surface area is 134 Å². The van der Waals surface area contributed by atoms with Gasteiger partial charge in [0.2, 0.25) is 5.91 Å². The minimum atomic E-state index is -0.445. The number of hydrogen-bond acceptors (Lipinski definition) is 3. The largest absolute Gasteiger partial charge is 0.352 e. The SMILES string of the molecule is O=C(NC1CN(c2ccccn2)C1)C1(c2ccc(F)cc2)CC1. The first-order chi connectivity index (χ1) is 11.2. The van der Waals surface area contributed by atoms with Crippen LogP contribution in [0.15, 0.2) is 48.7 Å². The van der Waals surface area contributed by atoms with Crippen molar-refractivity contribution >= 4 is 11.7 Å². The molecule has 2 heterocycles. The molecular weight excluding hydrogens is 293 g/mol. The maximum atomic E-state index is 13.1. The van der Waals surface area contributed by atoms with E-state index in [4.69, 9.17) is 0 Å². The van der Waals surface area contributed by atoms with Crippen molar-refractivity contribution in [2.45, 2.75) is 24.3 Å². The number of pyridine rings is 1. The van der Waals surface area contributed by atoms with Crippen molar-refractivity contribution in [2.24, 2.45) is 0 Å². The van der Waals surface area contributed by atoms with Crippen molar-refractivity contribution in [3.63, 3.8) is 0 Å². The van der Waals surface area contributed by atoms with Crippen molar-refractivity contribution in [3.8, 4) is 0 Å². The van der Waals surface area contributed by atoms with Crippen LogP contribution in [0.4, 0.5) is 10.2 Å². The quantitative estimate of drug-likeness (QED) is 0.942. The second-order valence-corrected chi connectivity index (χ2v) is 6.35. The Hall–Kier alpha value is -2.43. The predicted molar refractivity (Wildman–Crippen MR) is 85.7 cm³/mol. The van der Waals surface area contributed by atoms with Crippen molar-refractivity contribution in [1.82, 2.24) is 10.3 Å². The minimum Gasteiger partial charge on any atom is -0.352 e. The van der Waals surface area contributed by atoms with Crippen molar-refractivity contribution in [1.29, 1.82) is 0 Å². The van der Waals surface area contributed by atoms with Crippen molar-refractivity contribution in [3.05, 3.63) is 60.0 Å². The molecule has 118 valence electrons. The molecule has 1 amide bonds. The van der Waals surface area contributed by atoms with E-state index >= 15 is 0 Å². The minimum absolute atomic E-state index is 0.0646. The summed E-state index contributed by atoms with van der Waals surface area (Å²) in [6, 6.07) is 12.3. The molecule has 2 aromatic rings. The summed E-state index contributed by atoms with van der Waals surface area (Å²) in [5.74, 6) is 0.738. The smallest absolute Gasteiger partial charge is 0.230 e. The molecule has 1 aromatic carbocycles. The van der Waals surface area contributed by atoms with Crippen LogP contribution in [0, 0.1) is 5.82 Å². The molecule has 1 aliphatic heterocycles. The third-order valence-electron chi connectivity index (χ3n) is 4.77. The molecule has 5 heteroatoms. The molecular formula is C18H18FN3O. The number of aromatic nitrogens is 1. The van der Waals surface area contributed by atoms with Gasteiger partial charge in [-0.3, -0.25) is 4.79 Å². The summed E-state index contributed by atoms with van der Waals surface area (Å²) in [6.45, 7) is 1.56. The lowest BCUT2D eigenvalue weighted by atomic mass is 9.94. The average Bonchev–Trinajstić information content (AvgIpc) is 3.33. The highest BCUT2D eigenvalue weighted by atomic mass is 19.1. The topological polar surface area (TPSA) is 45.2 Å². The van der Waals surface area contributed by atoms with Crippen LogP contribution in [-0.4, -0.2) is 30.0 Å². The van der Waals surface area contributed by atoms with Crippen LogP contribution in [0.2, 0.25) is 0 Å². The van der Waals surface area contributed by atoms with E-state index in [-0.39, 0.29) is 17.8 Å². The monoisotopic (exact) mass is 311 g/mol. The number of nitrogens with zero attached hydrogens (tertiary/aromatic N) is 2. The summed E-state index contributed by atoms with van der Waals surface area (Å²) >= 11 is 0. The number of anilines is 1. The molecule has 0 atom stereocenters. The fourth-order valence-corrected chi connectivity index (χ4v) is 3.16. The van der Waals surface area contributed by atoms with E-state index in [0.717, 1.165) is 37.3 Å². The van der Waals surface area contributed by atoms with Crippen LogP contribution >= 0.6 is 0 Å². The normalized spacial score (nSPS) is 19.1. The zero-order chi connectivity index (χ0) is 15.9. The third-order valence-corrected chi connectivity index (χ3v) is 4.77. The lowest BCUT2D eigenvalue weighted by Gasteiger charge is -2.41. The Kier molecular flexibility index (Phi) is 3.29. The number of hydrogen-bond donors (Lipinski definition) is 1. The number of rotatable bonds is 4. The fraction of sp³-hybridized carbons (Fsp3) is 0.333. The van der Waals surface area contributed by atoms with E-state index in [0.29, 0.717) is 0 Å². The molecule has 1 saturated heterocycles. The number of carbonyl (C=O) groups is 1. The number of amides is 1. The molecule has 0 radical (unpaired) electrons. The van der Waals surface area contributed by atoms with E-state index < -0.39 is 5.41 Å². The number of carbonyl (C=O) groups excluding carboxylic acids is 1. The molecule has 2 aliphatic rings. The Morgan fingerprint density at radius 1 is 1.17 bits per heavy atom. The summed E-state index contributed by atoms with van der Waals surface area (Å²) in [5.41, 5.74) is 0.469. The van der Waals surface area contributed by atoms with Gasteiger partial charge in [0.15, 0.2) is 0 Å². The van der Waals surface area contributed by atoms with Gasteiger partial charge in [-0.15, -0.1) is 0 Å². The maximum absolute atomic E-state index is 13.1. The Balaban J connectivity index is 1.37. The molecule has 0 bridgehead atoms. The van der Waals surface area contributed by atoms with Crippen molar-refractivity contribution < 1.29 is 9.18 Å². The van der Waals surface area contributed by atoms with Crippen LogP contribution in [0.5, 0.6) is 0 Å². The number of nitrogens with one attached hydrogen (secondary N) is 1. The van der Waals surface area contributed by atoms with Crippen LogP contribution in [0.25, 0.3) is 0 Å². The Bertz CT molecular complexity index is 707. The van der Waals surface area contributed by atoms with E-state index in [9.17, 15) is 9.18 Å². The zero-order valence-corrected chi connectivity index (χ0v) is 12.7. The van der Waals surface area contributed by atoms with Gasteiger partial charge in [0.25, 0.3) is 0 Å². The summed E-state index contributed by atoms with van der Waals surface area (Å²) in [4.78, 5) is 19.1. The third kappa shape index (κ3) is 2.56.